The average Bonchev–Trinajstić information content (AvgIpc) is 3.34. The Kier molecular flexibility index (Phi) is 10.8. The first-order valence-electron chi connectivity index (χ1n) is 14.7. The van der Waals surface area contributed by atoms with E-state index in [1.807, 2.05) is 13.8 Å². The average molecular weight is 667 g/mol. The summed E-state index contributed by atoms with van der Waals surface area (Å²) < 4.78 is 54.0. The van der Waals surface area contributed by atoms with E-state index >= 15 is 0 Å². The Morgan fingerprint density at radius 2 is 1.38 bits per heavy atom. The van der Waals surface area contributed by atoms with Gasteiger partial charge in [-0.05, 0) is 79.6 Å². The topological polar surface area (TPSA) is 137 Å². The Morgan fingerprint density at radius 3 is 1.85 bits per heavy atom. The fourth-order valence-electron chi connectivity index (χ4n) is 5.36. The van der Waals surface area contributed by atoms with Crippen LogP contribution in [0.5, 0.6) is 0 Å². The van der Waals surface area contributed by atoms with Gasteiger partial charge in [0.05, 0.1) is 23.5 Å². The van der Waals surface area contributed by atoms with Gasteiger partial charge in [-0.2, -0.15) is 0 Å². The number of aliphatic carboxylic acids is 1. The molecular weight excluding hydrogens is 630 g/mol. The van der Waals surface area contributed by atoms with Crippen molar-refractivity contribution >= 4 is 33.5 Å². The van der Waals surface area contributed by atoms with Crippen molar-refractivity contribution in [3.63, 3.8) is 0 Å². The van der Waals surface area contributed by atoms with Crippen molar-refractivity contribution in [1.82, 2.24) is 4.57 Å². The molecule has 9 nitrogen and oxygen atoms in total. The minimum absolute atomic E-state index is 0.0812. The van der Waals surface area contributed by atoms with Crippen LogP contribution in [0.2, 0.25) is 0 Å². The van der Waals surface area contributed by atoms with Crippen molar-refractivity contribution in [2.45, 2.75) is 49.8 Å². The molecule has 4 aromatic rings. The molecule has 0 saturated heterocycles. The zero-order chi connectivity index (χ0) is 34.6. The Hall–Kier alpha value is -4.65. The van der Waals surface area contributed by atoms with Crippen molar-refractivity contribution in [2.75, 3.05) is 18.2 Å². The maximum Gasteiger partial charge on any atom is 0.305 e. The van der Waals surface area contributed by atoms with E-state index in [0.717, 1.165) is 6.26 Å². The van der Waals surface area contributed by atoms with Crippen molar-refractivity contribution in [3.8, 4) is 22.3 Å². The van der Waals surface area contributed by atoms with E-state index in [0.29, 0.717) is 33.6 Å². The van der Waals surface area contributed by atoms with Gasteiger partial charge < -0.3 is 24.8 Å². The summed E-state index contributed by atoms with van der Waals surface area (Å²) in [6.07, 6.45) is 0.626. The standard InChI is InChI=1S/C35H36F2N2O7S/c1-21(2)39-30(18-15-27(40)19-28(41)20-31(42)43)32(22-5-9-24(36)10-6-22)33(23-7-11-25(37)12-8-23)34(39)35(44)38(3)26-13-16-29(17-14-26)47(4,45)46/h5-18,21,27-28,40-41H,19-20H2,1-4H3,(H,42,43)/t27-,28+/m0/s1. The molecule has 0 fully saturated rings. The lowest BCUT2D eigenvalue weighted by atomic mass is 9.94. The predicted octanol–water partition coefficient (Wildman–Crippen LogP) is 5.96. The quantitative estimate of drug-likeness (QED) is 0.170. The molecule has 0 saturated carbocycles. The van der Waals surface area contributed by atoms with Crippen LogP contribution >= 0.6 is 0 Å². The number of hydrogen-bond donors (Lipinski definition) is 3. The van der Waals surface area contributed by atoms with Crippen LogP contribution in [0.25, 0.3) is 28.3 Å². The van der Waals surface area contributed by atoms with E-state index in [4.69, 9.17) is 5.11 Å². The maximum absolute atomic E-state index is 14.5. The van der Waals surface area contributed by atoms with Crippen molar-refractivity contribution in [2.24, 2.45) is 0 Å². The van der Waals surface area contributed by atoms with Crippen LogP contribution in [-0.4, -0.2) is 65.7 Å². The molecule has 0 spiro atoms. The molecule has 47 heavy (non-hydrogen) atoms. The second kappa shape index (κ2) is 14.4. The van der Waals surface area contributed by atoms with Gasteiger partial charge >= 0.3 is 5.97 Å². The summed E-state index contributed by atoms with van der Waals surface area (Å²) in [7, 11) is -1.95. The van der Waals surface area contributed by atoms with E-state index in [1.54, 1.807) is 10.6 Å². The van der Waals surface area contributed by atoms with Gasteiger partial charge in [-0.25, -0.2) is 17.2 Å². The van der Waals surface area contributed by atoms with Gasteiger partial charge in [0.2, 0.25) is 0 Å². The lowest BCUT2D eigenvalue weighted by molar-refractivity contribution is -0.139. The highest BCUT2D eigenvalue weighted by Gasteiger charge is 2.31. The normalized spacial score (nSPS) is 13.2. The smallest absolute Gasteiger partial charge is 0.305 e. The lowest BCUT2D eigenvalue weighted by Crippen LogP contribution is -2.29. The summed E-state index contributed by atoms with van der Waals surface area (Å²) in [6, 6.07) is 16.6. The van der Waals surface area contributed by atoms with Crippen molar-refractivity contribution in [3.05, 3.63) is 102 Å². The molecule has 1 aromatic heterocycles. The highest BCUT2D eigenvalue weighted by molar-refractivity contribution is 7.90. The largest absolute Gasteiger partial charge is 0.481 e. The van der Waals surface area contributed by atoms with Crippen LogP contribution in [-0.2, 0) is 14.6 Å². The number of nitrogens with zero attached hydrogens (tertiary/aromatic N) is 2. The van der Waals surface area contributed by atoms with Gasteiger partial charge in [-0.15, -0.1) is 0 Å². The summed E-state index contributed by atoms with van der Waals surface area (Å²) in [5.41, 5.74) is 2.87. The second-order valence-corrected chi connectivity index (χ2v) is 13.5. The third-order valence-corrected chi connectivity index (χ3v) is 8.71. The van der Waals surface area contributed by atoms with Crippen LogP contribution < -0.4 is 4.90 Å². The molecular formula is C35H36F2N2O7S. The van der Waals surface area contributed by atoms with Crippen LogP contribution in [0, 0.1) is 11.6 Å². The van der Waals surface area contributed by atoms with E-state index in [-0.39, 0.29) is 23.1 Å². The number of aliphatic hydroxyl groups is 2. The minimum Gasteiger partial charge on any atom is -0.481 e. The number of carboxylic acids is 1. The number of anilines is 1. The number of sulfone groups is 1. The molecule has 4 rings (SSSR count). The fraction of sp³-hybridized carbons (Fsp3) is 0.257. The van der Waals surface area contributed by atoms with Crippen LogP contribution in [0.1, 0.15) is 48.9 Å². The minimum atomic E-state index is -3.48. The van der Waals surface area contributed by atoms with Gasteiger partial charge in [0.15, 0.2) is 9.84 Å². The van der Waals surface area contributed by atoms with Gasteiger partial charge in [0.25, 0.3) is 5.91 Å². The van der Waals surface area contributed by atoms with Gasteiger partial charge in [-0.3, -0.25) is 9.59 Å². The zero-order valence-corrected chi connectivity index (χ0v) is 27.1. The summed E-state index contributed by atoms with van der Waals surface area (Å²) in [5.74, 6) is -2.71. The molecule has 1 heterocycles. The SMILES string of the molecule is CC(C)n1c(C=C[C@H](O)C[C@@H](O)CC(=O)O)c(-c2ccc(F)cc2)c(-c2ccc(F)cc2)c1C(=O)N(C)c1ccc(S(C)(=O)=O)cc1. The molecule has 2 atom stereocenters. The Balaban J connectivity index is 2.00. The Bertz CT molecular complexity index is 1880. The van der Waals surface area contributed by atoms with E-state index in [1.165, 1.54) is 90.8 Å². The number of carboxylic acid groups (broad SMARTS) is 1. The summed E-state index contributed by atoms with van der Waals surface area (Å²) in [5, 5.41) is 29.8. The van der Waals surface area contributed by atoms with Crippen LogP contribution in [0.4, 0.5) is 14.5 Å². The Labute approximate surface area is 271 Å². The zero-order valence-electron chi connectivity index (χ0n) is 26.3. The van der Waals surface area contributed by atoms with Crippen molar-refractivity contribution < 1.29 is 42.1 Å². The van der Waals surface area contributed by atoms with Crippen LogP contribution in [0.3, 0.4) is 0 Å². The first-order chi connectivity index (χ1) is 22.1. The molecule has 3 N–H and O–H groups in total. The summed E-state index contributed by atoms with van der Waals surface area (Å²) >= 11 is 0. The number of halogens is 2. The molecule has 3 aromatic carbocycles. The second-order valence-electron chi connectivity index (χ2n) is 11.5. The number of aliphatic hydroxyl groups excluding tert-OH is 2. The third kappa shape index (κ3) is 8.20. The fourth-order valence-corrected chi connectivity index (χ4v) is 5.99. The van der Waals surface area contributed by atoms with E-state index < -0.39 is 52.0 Å². The lowest BCUT2D eigenvalue weighted by Gasteiger charge is -2.22. The first kappa shape index (κ1) is 35.2. The number of carbonyl (C=O) groups excluding carboxylic acids is 1. The molecule has 0 bridgehead atoms. The number of hydrogen-bond acceptors (Lipinski definition) is 6. The predicted molar refractivity (Wildman–Crippen MR) is 176 cm³/mol. The maximum atomic E-state index is 14.5. The molecule has 248 valence electrons. The number of aromatic nitrogens is 1. The molecule has 12 heteroatoms. The highest BCUT2D eigenvalue weighted by atomic mass is 32.2. The molecule has 0 unspecified atom stereocenters. The molecule has 0 aliphatic heterocycles. The van der Waals surface area contributed by atoms with Crippen molar-refractivity contribution in [1.29, 1.82) is 0 Å². The number of benzene rings is 3. The number of carbonyl (C=O) groups is 2. The van der Waals surface area contributed by atoms with Gasteiger partial charge in [0, 0.05) is 48.3 Å². The molecule has 0 aliphatic carbocycles. The third-order valence-electron chi connectivity index (χ3n) is 7.59. The highest BCUT2D eigenvalue weighted by Crippen LogP contribution is 2.43. The van der Waals surface area contributed by atoms with Crippen LogP contribution in [0.15, 0.2) is 83.8 Å². The Morgan fingerprint density at radius 1 is 0.872 bits per heavy atom. The molecule has 0 radical (unpaired) electrons. The van der Waals surface area contributed by atoms with Gasteiger partial charge in [0.1, 0.15) is 17.3 Å². The van der Waals surface area contributed by atoms with Gasteiger partial charge in [-0.1, -0.05) is 30.3 Å². The molecule has 0 aliphatic rings. The first-order valence-corrected chi connectivity index (χ1v) is 16.6. The molecule has 1 amide bonds. The van der Waals surface area contributed by atoms with E-state index in [9.17, 15) is 37.0 Å². The monoisotopic (exact) mass is 666 g/mol. The number of rotatable bonds is 12. The summed E-state index contributed by atoms with van der Waals surface area (Å²) in [4.78, 5) is 27.0. The van der Waals surface area contributed by atoms with E-state index in [2.05, 4.69) is 0 Å². The summed E-state index contributed by atoms with van der Waals surface area (Å²) in [6.45, 7) is 3.68. The number of amides is 1.